The lowest BCUT2D eigenvalue weighted by Gasteiger charge is -2.34. The van der Waals surface area contributed by atoms with Crippen molar-refractivity contribution in [3.8, 4) is 11.5 Å². The number of hydrogen-bond acceptors (Lipinski definition) is 4. The summed E-state index contributed by atoms with van der Waals surface area (Å²) in [6.07, 6.45) is 0. The van der Waals surface area contributed by atoms with Crippen molar-refractivity contribution < 1.29 is 9.21 Å². The number of amides is 1. The molecule has 0 bridgehead atoms. The summed E-state index contributed by atoms with van der Waals surface area (Å²) in [5, 5.41) is 0.611. The zero-order valence-electron chi connectivity index (χ0n) is 16.7. The van der Waals surface area contributed by atoms with Gasteiger partial charge in [-0.1, -0.05) is 53.6 Å². The van der Waals surface area contributed by atoms with E-state index >= 15 is 0 Å². The molecule has 5 nitrogen and oxygen atoms in total. The summed E-state index contributed by atoms with van der Waals surface area (Å²) in [7, 11) is 0. The molecule has 2 aromatic carbocycles. The molecule has 0 radical (unpaired) electrons. The van der Waals surface area contributed by atoms with Crippen LogP contribution in [0.4, 0.5) is 0 Å². The fraction of sp³-hybridized carbons (Fsp3) is 0.304. The van der Waals surface area contributed by atoms with Crippen LogP contribution in [0.1, 0.15) is 22.6 Å². The maximum atomic E-state index is 12.6. The fourth-order valence-corrected chi connectivity index (χ4v) is 3.73. The van der Waals surface area contributed by atoms with Gasteiger partial charge in [0, 0.05) is 26.2 Å². The van der Waals surface area contributed by atoms with Gasteiger partial charge in [-0.25, -0.2) is 4.98 Å². The molecule has 0 aliphatic carbocycles. The van der Waals surface area contributed by atoms with E-state index in [1.165, 1.54) is 5.56 Å². The van der Waals surface area contributed by atoms with E-state index in [4.69, 9.17) is 16.0 Å². The zero-order chi connectivity index (χ0) is 20.4. The summed E-state index contributed by atoms with van der Waals surface area (Å²) in [6, 6.07) is 15.8. The van der Waals surface area contributed by atoms with Gasteiger partial charge in [0.2, 0.25) is 11.8 Å². The third kappa shape index (κ3) is 4.52. The summed E-state index contributed by atoms with van der Waals surface area (Å²) in [5.41, 5.74) is 4.01. The minimum Gasteiger partial charge on any atom is -0.441 e. The van der Waals surface area contributed by atoms with Crippen LogP contribution in [0.15, 0.2) is 52.9 Å². The minimum atomic E-state index is 0.143. The quantitative estimate of drug-likeness (QED) is 0.624. The third-order valence-corrected chi connectivity index (χ3v) is 5.59. The van der Waals surface area contributed by atoms with E-state index in [1.54, 1.807) is 0 Å². The molecule has 4 rings (SSSR count). The van der Waals surface area contributed by atoms with Gasteiger partial charge in [0.1, 0.15) is 5.76 Å². The van der Waals surface area contributed by atoms with Crippen LogP contribution in [0, 0.1) is 13.8 Å². The highest BCUT2D eigenvalue weighted by atomic mass is 35.5. The molecule has 1 fully saturated rings. The molecule has 2 heterocycles. The lowest BCUT2D eigenvalue weighted by atomic mass is 10.1. The van der Waals surface area contributed by atoms with Gasteiger partial charge >= 0.3 is 0 Å². The Morgan fingerprint density at radius 1 is 1.03 bits per heavy atom. The molecule has 1 saturated heterocycles. The van der Waals surface area contributed by atoms with E-state index in [9.17, 15) is 4.79 Å². The Morgan fingerprint density at radius 3 is 2.52 bits per heavy atom. The molecule has 0 atom stereocenters. The molecular weight excluding hydrogens is 386 g/mol. The van der Waals surface area contributed by atoms with Crippen LogP contribution in [-0.2, 0) is 17.9 Å². The summed E-state index contributed by atoms with van der Waals surface area (Å²) in [4.78, 5) is 21.3. The van der Waals surface area contributed by atoms with Crippen LogP contribution >= 0.6 is 11.6 Å². The number of halogens is 1. The predicted molar refractivity (Wildman–Crippen MR) is 114 cm³/mol. The first kappa shape index (κ1) is 19.7. The lowest BCUT2D eigenvalue weighted by molar-refractivity contribution is -0.136. The fourth-order valence-electron chi connectivity index (χ4n) is 3.51. The molecule has 1 aromatic heterocycles. The number of oxazole rings is 1. The van der Waals surface area contributed by atoms with Crippen LogP contribution in [0.2, 0.25) is 5.02 Å². The number of benzene rings is 2. The van der Waals surface area contributed by atoms with Gasteiger partial charge in [-0.15, -0.1) is 0 Å². The standard InChI is InChI=1S/C23H24ClN3O2/c1-16-7-9-18(10-8-16)13-27-12-11-26(15-22(27)28)14-21-17(2)29-23(25-21)19-5-3-4-6-20(19)24/h3-10H,11-15H2,1-2H3. The molecule has 1 aliphatic rings. The van der Waals surface area contributed by atoms with Crippen molar-refractivity contribution in [1.82, 2.24) is 14.8 Å². The SMILES string of the molecule is Cc1ccc(CN2CCN(Cc3nc(-c4ccccc4Cl)oc3C)CC2=O)cc1. The van der Waals surface area contributed by atoms with Gasteiger partial charge in [-0.2, -0.15) is 0 Å². The van der Waals surface area contributed by atoms with Crippen LogP contribution in [0.3, 0.4) is 0 Å². The maximum Gasteiger partial charge on any atom is 0.237 e. The van der Waals surface area contributed by atoms with Crippen LogP contribution < -0.4 is 0 Å². The van der Waals surface area contributed by atoms with E-state index in [1.807, 2.05) is 36.1 Å². The monoisotopic (exact) mass is 409 g/mol. The normalized spacial score (nSPS) is 15.1. The Hall–Kier alpha value is -2.63. The predicted octanol–water partition coefficient (Wildman–Crippen LogP) is 4.46. The van der Waals surface area contributed by atoms with Gasteiger partial charge in [0.15, 0.2) is 0 Å². The summed E-state index contributed by atoms with van der Waals surface area (Å²) in [5.74, 6) is 1.42. The van der Waals surface area contributed by atoms with Crippen molar-refractivity contribution in [3.05, 3.63) is 76.1 Å². The maximum absolute atomic E-state index is 12.6. The number of aromatic nitrogens is 1. The lowest BCUT2D eigenvalue weighted by Crippen LogP contribution is -2.49. The van der Waals surface area contributed by atoms with Gasteiger partial charge < -0.3 is 9.32 Å². The molecule has 6 heteroatoms. The van der Waals surface area contributed by atoms with E-state index in [2.05, 4.69) is 41.1 Å². The number of rotatable bonds is 5. The Morgan fingerprint density at radius 2 is 1.79 bits per heavy atom. The molecule has 29 heavy (non-hydrogen) atoms. The van der Waals surface area contributed by atoms with Gasteiger partial charge in [0.05, 0.1) is 22.8 Å². The van der Waals surface area contributed by atoms with E-state index in [-0.39, 0.29) is 5.91 Å². The zero-order valence-corrected chi connectivity index (χ0v) is 17.4. The van der Waals surface area contributed by atoms with E-state index in [0.29, 0.717) is 37.1 Å². The first-order valence-electron chi connectivity index (χ1n) is 9.76. The van der Waals surface area contributed by atoms with Gasteiger partial charge in [-0.3, -0.25) is 9.69 Å². The average molecular weight is 410 g/mol. The van der Waals surface area contributed by atoms with Crippen molar-refractivity contribution in [2.75, 3.05) is 19.6 Å². The van der Waals surface area contributed by atoms with Crippen molar-refractivity contribution in [1.29, 1.82) is 0 Å². The molecule has 1 amide bonds. The first-order valence-corrected chi connectivity index (χ1v) is 10.1. The number of carbonyl (C=O) groups is 1. The second-order valence-corrected chi connectivity index (χ2v) is 7.92. The largest absolute Gasteiger partial charge is 0.441 e. The summed E-state index contributed by atoms with van der Waals surface area (Å²) >= 11 is 6.26. The average Bonchev–Trinajstić information content (AvgIpc) is 3.06. The topological polar surface area (TPSA) is 49.6 Å². The number of carbonyl (C=O) groups excluding carboxylic acids is 1. The number of nitrogens with zero attached hydrogens (tertiary/aromatic N) is 3. The molecule has 1 aliphatic heterocycles. The van der Waals surface area contributed by atoms with Crippen molar-refractivity contribution >= 4 is 17.5 Å². The number of piperazine rings is 1. The second-order valence-electron chi connectivity index (χ2n) is 7.51. The second kappa shape index (κ2) is 8.39. The number of hydrogen-bond donors (Lipinski definition) is 0. The molecular formula is C23H24ClN3O2. The molecule has 150 valence electrons. The smallest absolute Gasteiger partial charge is 0.237 e. The van der Waals surface area contributed by atoms with Crippen LogP contribution in [-0.4, -0.2) is 40.3 Å². The minimum absolute atomic E-state index is 0.143. The molecule has 0 unspecified atom stereocenters. The van der Waals surface area contributed by atoms with Crippen molar-refractivity contribution in [2.24, 2.45) is 0 Å². The highest BCUT2D eigenvalue weighted by Gasteiger charge is 2.25. The first-order chi connectivity index (χ1) is 14.0. The van der Waals surface area contributed by atoms with Crippen molar-refractivity contribution in [2.45, 2.75) is 26.9 Å². The molecule has 3 aromatic rings. The summed E-state index contributed by atoms with van der Waals surface area (Å²) in [6.45, 7) is 7.12. The Kier molecular flexibility index (Phi) is 5.69. The summed E-state index contributed by atoms with van der Waals surface area (Å²) < 4.78 is 5.84. The van der Waals surface area contributed by atoms with E-state index in [0.717, 1.165) is 29.1 Å². The Labute approximate surface area is 175 Å². The van der Waals surface area contributed by atoms with E-state index < -0.39 is 0 Å². The highest BCUT2D eigenvalue weighted by molar-refractivity contribution is 6.33. The Balaban J connectivity index is 1.40. The van der Waals surface area contributed by atoms with Crippen molar-refractivity contribution in [3.63, 3.8) is 0 Å². The molecule has 0 spiro atoms. The van der Waals surface area contributed by atoms with Gasteiger partial charge in [-0.05, 0) is 31.5 Å². The van der Waals surface area contributed by atoms with Crippen LogP contribution in [0.5, 0.6) is 0 Å². The molecule has 0 saturated carbocycles. The highest BCUT2D eigenvalue weighted by Crippen LogP contribution is 2.29. The number of aryl methyl sites for hydroxylation is 2. The molecule has 0 N–H and O–H groups in total. The third-order valence-electron chi connectivity index (χ3n) is 5.26. The van der Waals surface area contributed by atoms with Crippen LogP contribution in [0.25, 0.3) is 11.5 Å². The Bertz CT molecular complexity index is 1010. The van der Waals surface area contributed by atoms with Gasteiger partial charge in [0.25, 0.3) is 0 Å².